The largest absolute Gasteiger partial charge is 0.347 e. The number of aromatic nitrogens is 1. The Balaban J connectivity index is 2.26. The van der Waals surface area contributed by atoms with Crippen molar-refractivity contribution in [3.8, 4) is 0 Å². The van der Waals surface area contributed by atoms with Gasteiger partial charge in [0.2, 0.25) is 0 Å². The highest BCUT2D eigenvalue weighted by molar-refractivity contribution is 6.08. The quantitative estimate of drug-likeness (QED) is 0.772. The molecule has 0 amide bonds. The normalized spacial score (nSPS) is 15.2. The number of carbonyl (C=O) groups excluding carboxylic acids is 1. The minimum absolute atomic E-state index is 0.161. The number of nitrogens with zero attached hydrogens (tertiary/aromatic N) is 2. The van der Waals surface area contributed by atoms with E-state index in [9.17, 15) is 4.79 Å². The van der Waals surface area contributed by atoms with Crippen LogP contribution in [0.4, 0.5) is 0 Å². The summed E-state index contributed by atoms with van der Waals surface area (Å²) in [6.07, 6.45) is 0. The van der Waals surface area contributed by atoms with E-state index in [4.69, 9.17) is 0 Å². The molecule has 0 radical (unpaired) electrons. The third-order valence-electron chi connectivity index (χ3n) is 4.40. The van der Waals surface area contributed by atoms with E-state index in [0.717, 1.165) is 36.3 Å². The highest BCUT2D eigenvalue weighted by Crippen LogP contribution is 2.32. The smallest absolute Gasteiger partial charge is 0.162 e. The lowest BCUT2D eigenvalue weighted by atomic mass is 10.0. The molecule has 1 aromatic carbocycles. The molecule has 100 valence electrons. The maximum absolute atomic E-state index is 11.9. The molecular weight excluding hydrogens is 236 g/mol. The van der Waals surface area contributed by atoms with Crippen molar-refractivity contribution in [1.29, 1.82) is 0 Å². The van der Waals surface area contributed by atoms with Crippen LogP contribution in [0.3, 0.4) is 0 Å². The van der Waals surface area contributed by atoms with Crippen LogP contribution in [-0.4, -0.2) is 21.8 Å². The topological polar surface area (TPSA) is 25.2 Å². The van der Waals surface area contributed by atoms with E-state index in [-0.39, 0.29) is 5.78 Å². The van der Waals surface area contributed by atoms with Crippen LogP contribution < -0.4 is 0 Å². The fraction of sp³-hybridized carbons (Fsp3) is 0.438. The lowest BCUT2D eigenvalue weighted by molar-refractivity contribution is 0.101. The van der Waals surface area contributed by atoms with Gasteiger partial charge in [0.05, 0.1) is 0 Å². The number of hydrogen-bond donors (Lipinski definition) is 0. The van der Waals surface area contributed by atoms with Crippen molar-refractivity contribution in [2.24, 2.45) is 7.05 Å². The molecule has 0 unspecified atom stereocenters. The number of Topliss-reactive ketones (excluding diaryl/α,β-unsaturated/α-hetero) is 1. The summed E-state index contributed by atoms with van der Waals surface area (Å²) in [7, 11) is 2.04. The Morgan fingerprint density at radius 2 is 1.89 bits per heavy atom. The standard InChI is InChI=1S/C16H20N2O/c1-5-18-8-12-6-14-15(7-13(12)9-18)17(4)10(2)16(14)11(3)19/h6-7H,5,8-9H2,1-4H3. The molecular formula is C16H20N2O. The SMILES string of the molecule is CCN1Cc2cc3c(C(C)=O)c(C)n(C)c3cc2C1. The Bertz CT molecular complexity index is 682. The van der Waals surface area contributed by atoms with Crippen molar-refractivity contribution in [2.75, 3.05) is 6.54 Å². The molecule has 1 aliphatic rings. The number of hydrogen-bond acceptors (Lipinski definition) is 2. The Morgan fingerprint density at radius 3 is 2.47 bits per heavy atom. The van der Waals surface area contributed by atoms with Gasteiger partial charge in [-0.15, -0.1) is 0 Å². The number of ketones is 1. The zero-order chi connectivity index (χ0) is 13.7. The molecule has 2 aromatic rings. The molecule has 0 bridgehead atoms. The third kappa shape index (κ3) is 1.72. The van der Waals surface area contributed by atoms with Crippen LogP contribution in [0.25, 0.3) is 10.9 Å². The van der Waals surface area contributed by atoms with Gasteiger partial charge < -0.3 is 4.57 Å². The van der Waals surface area contributed by atoms with E-state index in [2.05, 4.69) is 28.5 Å². The minimum Gasteiger partial charge on any atom is -0.347 e. The van der Waals surface area contributed by atoms with Crippen LogP contribution in [-0.2, 0) is 20.1 Å². The maximum Gasteiger partial charge on any atom is 0.162 e. The summed E-state index contributed by atoms with van der Waals surface area (Å²) >= 11 is 0. The molecule has 2 heterocycles. The molecule has 0 atom stereocenters. The van der Waals surface area contributed by atoms with Gasteiger partial charge in [-0.1, -0.05) is 6.92 Å². The van der Waals surface area contributed by atoms with Gasteiger partial charge in [0.25, 0.3) is 0 Å². The molecule has 19 heavy (non-hydrogen) atoms. The van der Waals surface area contributed by atoms with Gasteiger partial charge in [0.1, 0.15) is 0 Å². The monoisotopic (exact) mass is 256 g/mol. The zero-order valence-electron chi connectivity index (χ0n) is 12.1. The van der Waals surface area contributed by atoms with Gasteiger partial charge in [-0.2, -0.15) is 0 Å². The van der Waals surface area contributed by atoms with Crippen LogP contribution in [0.2, 0.25) is 0 Å². The number of aryl methyl sites for hydroxylation is 1. The van der Waals surface area contributed by atoms with Gasteiger partial charge in [-0.25, -0.2) is 0 Å². The zero-order valence-corrected chi connectivity index (χ0v) is 12.1. The van der Waals surface area contributed by atoms with E-state index < -0.39 is 0 Å². The van der Waals surface area contributed by atoms with Crippen LogP contribution in [0.15, 0.2) is 12.1 Å². The number of benzene rings is 1. The lowest BCUT2D eigenvalue weighted by Gasteiger charge is -2.09. The number of rotatable bonds is 2. The fourth-order valence-electron chi connectivity index (χ4n) is 3.20. The molecule has 0 fully saturated rings. The molecule has 1 aromatic heterocycles. The van der Waals surface area contributed by atoms with Crippen molar-refractivity contribution >= 4 is 16.7 Å². The van der Waals surface area contributed by atoms with Crippen molar-refractivity contribution in [2.45, 2.75) is 33.9 Å². The molecule has 3 nitrogen and oxygen atoms in total. The maximum atomic E-state index is 11.9. The Hall–Kier alpha value is -1.61. The second-order valence-electron chi connectivity index (χ2n) is 5.52. The molecule has 1 aliphatic heterocycles. The predicted octanol–water partition coefficient (Wildman–Crippen LogP) is 3.02. The molecule has 0 spiro atoms. The van der Waals surface area contributed by atoms with E-state index in [0.29, 0.717) is 0 Å². The van der Waals surface area contributed by atoms with Gasteiger partial charge in [-0.05, 0) is 43.7 Å². The highest BCUT2D eigenvalue weighted by atomic mass is 16.1. The summed E-state index contributed by atoms with van der Waals surface area (Å²) in [5.74, 6) is 0.161. The number of carbonyl (C=O) groups is 1. The first-order chi connectivity index (χ1) is 9.02. The van der Waals surface area contributed by atoms with Crippen LogP contribution in [0, 0.1) is 6.92 Å². The van der Waals surface area contributed by atoms with Crippen molar-refractivity contribution in [3.05, 3.63) is 34.5 Å². The molecule has 3 heteroatoms. The van der Waals surface area contributed by atoms with Gasteiger partial charge >= 0.3 is 0 Å². The molecule has 3 rings (SSSR count). The van der Waals surface area contributed by atoms with Gasteiger partial charge in [0.15, 0.2) is 5.78 Å². The summed E-state index contributed by atoms with van der Waals surface area (Å²) in [4.78, 5) is 14.3. The Morgan fingerprint density at radius 1 is 1.26 bits per heavy atom. The van der Waals surface area contributed by atoms with Crippen LogP contribution in [0.1, 0.15) is 41.0 Å². The first-order valence-corrected chi connectivity index (χ1v) is 6.87. The van der Waals surface area contributed by atoms with Crippen LogP contribution >= 0.6 is 0 Å². The fourth-order valence-corrected chi connectivity index (χ4v) is 3.20. The van der Waals surface area contributed by atoms with Gasteiger partial charge in [0, 0.05) is 42.3 Å². The highest BCUT2D eigenvalue weighted by Gasteiger charge is 2.22. The number of fused-ring (bicyclic) bond motifs is 2. The van der Waals surface area contributed by atoms with Crippen molar-refractivity contribution < 1.29 is 4.79 Å². The molecule has 0 aliphatic carbocycles. The minimum atomic E-state index is 0.161. The van der Waals surface area contributed by atoms with E-state index in [1.54, 1.807) is 6.92 Å². The predicted molar refractivity (Wildman–Crippen MR) is 77.4 cm³/mol. The first-order valence-electron chi connectivity index (χ1n) is 6.87. The summed E-state index contributed by atoms with van der Waals surface area (Å²) in [5, 5.41) is 1.12. The Kier molecular flexibility index (Phi) is 2.75. The van der Waals surface area contributed by atoms with Crippen molar-refractivity contribution in [3.63, 3.8) is 0 Å². The lowest BCUT2D eigenvalue weighted by Crippen LogP contribution is -2.14. The molecule has 0 saturated heterocycles. The summed E-state index contributed by atoms with van der Waals surface area (Å²) in [6, 6.07) is 4.49. The summed E-state index contributed by atoms with van der Waals surface area (Å²) in [5.41, 5.74) is 5.92. The van der Waals surface area contributed by atoms with E-state index >= 15 is 0 Å². The first kappa shape index (κ1) is 12.4. The summed E-state index contributed by atoms with van der Waals surface area (Å²) in [6.45, 7) is 8.99. The molecule has 0 saturated carbocycles. The molecule has 0 N–H and O–H groups in total. The second kappa shape index (κ2) is 4.20. The van der Waals surface area contributed by atoms with Crippen LogP contribution in [0.5, 0.6) is 0 Å². The van der Waals surface area contributed by atoms with E-state index in [1.807, 2.05) is 14.0 Å². The average molecular weight is 256 g/mol. The third-order valence-corrected chi connectivity index (χ3v) is 4.40. The Labute approximate surface area is 113 Å². The van der Waals surface area contributed by atoms with Gasteiger partial charge in [-0.3, -0.25) is 9.69 Å². The second-order valence-corrected chi connectivity index (χ2v) is 5.52. The van der Waals surface area contributed by atoms with E-state index in [1.165, 1.54) is 16.6 Å². The van der Waals surface area contributed by atoms with Crippen molar-refractivity contribution in [1.82, 2.24) is 9.47 Å². The average Bonchev–Trinajstić information content (AvgIpc) is 2.87. The summed E-state index contributed by atoms with van der Waals surface area (Å²) < 4.78 is 2.14.